The molecular weight excluding hydrogens is 279 g/mol. The predicted octanol–water partition coefficient (Wildman–Crippen LogP) is 3.90. The zero-order valence-corrected chi connectivity index (χ0v) is 11.6. The summed E-state index contributed by atoms with van der Waals surface area (Å²) in [5.74, 6) is -2.91. The van der Waals surface area contributed by atoms with E-state index in [1.807, 2.05) is 0 Å². The van der Waals surface area contributed by atoms with Crippen molar-refractivity contribution in [3.05, 3.63) is 70.5 Å². The summed E-state index contributed by atoms with van der Waals surface area (Å²) in [6.45, 7) is 3.13. The van der Waals surface area contributed by atoms with Gasteiger partial charge < -0.3 is 5.32 Å². The predicted molar refractivity (Wildman–Crippen MR) is 73.4 cm³/mol. The van der Waals surface area contributed by atoms with Gasteiger partial charge in [-0.05, 0) is 43.7 Å². The first kappa shape index (κ1) is 15.1. The van der Waals surface area contributed by atoms with Crippen LogP contribution in [0.1, 0.15) is 34.5 Å². The summed E-state index contributed by atoms with van der Waals surface area (Å²) in [6, 6.07) is 6.68. The molecule has 0 aliphatic carbocycles. The van der Waals surface area contributed by atoms with Gasteiger partial charge in [0.1, 0.15) is 17.5 Å². The van der Waals surface area contributed by atoms with Gasteiger partial charge in [0, 0.05) is 5.56 Å². The molecule has 21 heavy (non-hydrogen) atoms. The number of amides is 1. The van der Waals surface area contributed by atoms with Crippen molar-refractivity contribution in [2.24, 2.45) is 0 Å². The molecule has 1 N–H and O–H groups in total. The van der Waals surface area contributed by atoms with Gasteiger partial charge in [-0.2, -0.15) is 0 Å². The first-order chi connectivity index (χ1) is 9.90. The Hall–Kier alpha value is -2.30. The second kappa shape index (κ2) is 5.99. The molecule has 0 aromatic heterocycles. The molecule has 0 saturated heterocycles. The monoisotopic (exact) mass is 293 g/mol. The van der Waals surface area contributed by atoms with Gasteiger partial charge in [0.05, 0.1) is 11.6 Å². The Morgan fingerprint density at radius 1 is 1.05 bits per heavy atom. The third-order valence-corrected chi connectivity index (χ3v) is 3.15. The third kappa shape index (κ3) is 3.24. The Morgan fingerprint density at radius 2 is 1.67 bits per heavy atom. The van der Waals surface area contributed by atoms with Crippen molar-refractivity contribution in [2.75, 3.05) is 0 Å². The number of benzene rings is 2. The Balaban J connectivity index is 2.23. The van der Waals surface area contributed by atoms with Gasteiger partial charge in [0.2, 0.25) is 0 Å². The molecule has 1 atom stereocenters. The number of hydrogen-bond donors (Lipinski definition) is 1. The number of nitrogens with one attached hydrogen (secondary N) is 1. The lowest BCUT2D eigenvalue weighted by atomic mass is 10.1. The molecule has 0 aliphatic heterocycles. The average molecular weight is 293 g/mol. The zero-order chi connectivity index (χ0) is 15.6. The molecule has 0 fully saturated rings. The van der Waals surface area contributed by atoms with E-state index in [2.05, 4.69) is 5.32 Å². The summed E-state index contributed by atoms with van der Waals surface area (Å²) in [4.78, 5) is 12.0. The maximum atomic E-state index is 13.7. The van der Waals surface area contributed by atoms with Gasteiger partial charge in [0.15, 0.2) is 0 Å². The largest absolute Gasteiger partial charge is 0.345 e. The van der Waals surface area contributed by atoms with E-state index in [1.54, 1.807) is 13.0 Å². The molecule has 0 bridgehead atoms. The highest BCUT2D eigenvalue weighted by Gasteiger charge is 2.20. The smallest absolute Gasteiger partial charge is 0.254 e. The number of carbonyl (C=O) groups is 1. The van der Waals surface area contributed by atoms with Crippen LogP contribution in [0, 0.1) is 24.4 Å². The summed E-state index contributed by atoms with van der Waals surface area (Å²) < 4.78 is 40.9. The van der Waals surface area contributed by atoms with Crippen LogP contribution < -0.4 is 5.32 Å². The van der Waals surface area contributed by atoms with Crippen LogP contribution in [-0.4, -0.2) is 5.91 Å². The molecule has 1 amide bonds. The van der Waals surface area contributed by atoms with Crippen molar-refractivity contribution < 1.29 is 18.0 Å². The van der Waals surface area contributed by atoms with Gasteiger partial charge >= 0.3 is 0 Å². The number of halogens is 3. The normalized spacial score (nSPS) is 12.0. The number of aryl methyl sites for hydroxylation is 1. The Labute approximate surface area is 120 Å². The fraction of sp³-hybridized carbons (Fsp3) is 0.188. The maximum absolute atomic E-state index is 13.7. The first-order valence-electron chi connectivity index (χ1n) is 6.41. The first-order valence-corrected chi connectivity index (χ1v) is 6.41. The standard InChI is InChI=1S/C16H14F3NO/c1-9-6-7-11(14(19)8-9)16(21)20-10(2)15-12(17)4-3-5-13(15)18/h3-8,10H,1-2H3,(H,20,21). The zero-order valence-electron chi connectivity index (χ0n) is 11.6. The molecule has 2 rings (SSSR count). The second-order valence-electron chi connectivity index (χ2n) is 4.81. The van der Waals surface area contributed by atoms with Crippen LogP contribution in [0.15, 0.2) is 36.4 Å². The van der Waals surface area contributed by atoms with Crippen molar-refractivity contribution in [1.82, 2.24) is 5.32 Å². The summed E-state index contributed by atoms with van der Waals surface area (Å²) in [7, 11) is 0. The molecule has 0 spiro atoms. The van der Waals surface area contributed by atoms with E-state index in [0.717, 1.165) is 12.1 Å². The van der Waals surface area contributed by atoms with Gasteiger partial charge in [-0.1, -0.05) is 12.1 Å². The summed E-state index contributed by atoms with van der Waals surface area (Å²) >= 11 is 0. The molecule has 0 heterocycles. The van der Waals surface area contributed by atoms with Gasteiger partial charge in [-0.15, -0.1) is 0 Å². The van der Waals surface area contributed by atoms with Gasteiger partial charge in [0.25, 0.3) is 5.91 Å². The summed E-state index contributed by atoms with van der Waals surface area (Å²) in [5.41, 5.74) is 0.264. The molecule has 1 unspecified atom stereocenters. The molecule has 0 saturated carbocycles. The van der Waals surface area contributed by atoms with E-state index in [0.29, 0.717) is 5.56 Å². The number of hydrogen-bond acceptors (Lipinski definition) is 1. The van der Waals surface area contributed by atoms with Crippen molar-refractivity contribution >= 4 is 5.91 Å². The topological polar surface area (TPSA) is 29.1 Å². The quantitative estimate of drug-likeness (QED) is 0.913. The summed E-state index contributed by atoms with van der Waals surface area (Å²) in [5, 5.41) is 2.40. The minimum atomic E-state index is -0.917. The Morgan fingerprint density at radius 3 is 2.24 bits per heavy atom. The fourth-order valence-electron chi connectivity index (χ4n) is 2.08. The van der Waals surface area contributed by atoms with Crippen LogP contribution in [0.3, 0.4) is 0 Å². The molecule has 0 aliphatic rings. The van der Waals surface area contributed by atoms with Crippen molar-refractivity contribution in [1.29, 1.82) is 0 Å². The van der Waals surface area contributed by atoms with Crippen LogP contribution >= 0.6 is 0 Å². The van der Waals surface area contributed by atoms with Crippen LogP contribution in [0.25, 0.3) is 0 Å². The average Bonchev–Trinajstić information content (AvgIpc) is 2.37. The molecule has 2 nitrogen and oxygen atoms in total. The molecule has 110 valence electrons. The lowest BCUT2D eigenvalue weighted by Gasteiger charge is -2.16. The molecule has 2 aromatic rings. The second-order valence-corrected chi connectivity index (χ2v) is 4.81. The highest BCUT2D eigenvalue weighted by atomic mass is 19.1. The Bertz CT molecular complexity index is 665. The van der Waals surface area contributed by atoms with E-state index >= 15 is 0 Å². The number of rotatable bonds is 3. The molecule has 5 heteroatoms. The SMILES string of the molecule is Cc1ccc(C(=O)NC(C)c2c(F)cccc2F)c(F)c1. The molecule has 2 aromatic carbocycles. The van der Waals surface area contributed by atoms with Crippen LogP contribution in [-0.2, 0) is 0 Å². The van der Waals surface area contributed by atoms with Crippen LogP contribution in [0.2, 0.25) is 0 Å². The van der Waals surface area contributed by atoms with Gasteiger partial charge in [-0.3, -0.25) is 4.79 Å². The highest BCUT2D eigenvalue weighted by Crippen LogP contribution is 2.21. The van der Waals surface area contributed by atoms with Crippen molar-refractivity contribution in [2.45, 2.75) is 19.9 Å². The lowest BCUT2D eigenvalue weighted by molar-refractivity contribution is 0.0934. The molecule has 0 radical (unpaired) electrons. The minimum absolute atomic E-state index is 0.163. The van der Waals surface area contributed by atoms with E-state index in [4.69, 9.17) is 0 Å². The van der Waals surface area contributed by atoms with Crippen molar-refractivity contribution in [3.8, 4) is 0 Å². The minimum Gasteiger partial charge on any atom is -0.345 e. The van der Waals surface area contributed by atoms with Crippen LogP contribution in [0.5, 0.6) is 0 Å². The van der Waals surface area contributed by atoms with Crippen molar-refractivity contribution in [3.63, 3.8) is 0 Å². The summed E-state index contributed by atoms with van der Waals surface area (Å²) in [6.07, 6.45) is 0. The Kier molecular flexibility index (Phi) is 4.31. The van der Waals surface area contributed by atoms with Gasteiger partial charge in [-0.25, -0.2) is 13.2 Å². The number of carbonyl (C=O) groups excluding carboxylic acids is 1. The van der Waals surface area contributed by atoms with E-state index in [9.17, 15) is 18.0 Å². The highest BCUT2D eigenvalue weighted by molar-refractivity contribution is 5.94. The fourth-order valence-corrected chi connectivity index (χ4v) is 2.08. The molecular formula is C16H14F3NO. The van der Waals surface area contributed by atoms with Crippen LogP contribution in [0.4, 0.5) is 13.2 Å². The van der Waals surface area contributed by atoms with E-state index < -0.39 is 29.4 Å². The third-order valence-electron chi connectivity index (χ3n) is 3.15. The van der Waals surface area contributed by atoms with E-state index in [1.165, 1.54) is 25.1 Å². The van der Waals surface area contributed by atoms with E-state index in [-0.39, 0.29) is 11.1 Å². The maximum Gasteiger partial charge on any atom is 0.254 e. The lowest BCUT2D eigenvalue weighted by Crippen LogP contribution is -2.28.